The van der Waals surface area contributed by atoms with Crippen LogP contribution in [0.5, 0.6) is 5.75 Å². The highest BCUT2D eigenvalue weighted by molar-refractivity contribution is 5.25. The molecule has 4 heteroatoms. The van der Waals surface area contributed by atoms with Gasteiger partial charge < -0.3 is 10.1 Å². The molecule has 0 amide bonds. The van der Waals surface area contributed by atoms with Gasteiger partial charge in [0, 0.05) is 12.6 Å². The Balaban J connectivity index is 2.57. The van der Waals surface area contributed by atoms with Crippen LogP contribution in [0.3, 0.4) is 0 Å². The number of aryl methyl sites for hydroxylation is 1. The fourth-order valence-electron chi connectivity index (χ4n) is 2.20. The lowest BCUT2D eigenvalue weighted by molar-refractivity contribution is 0.401. The van der Waals surface area contributed by atoms with Gasteiger partial charge in [0.15, 0.2) is 5.75 Å². The average molecular weight is 253 g/mol. The molecule has 1 atom stereocenters. The molecule has 0 bridgehead atoms. The van der Waals surface area contributed by atoms with Gasteiger partial charge in [-0.3, -0.25) is 4.68 Å². The van der Waals surface area contributed by atoms with Crippen molar-refractivity contribution in [2.24, 2.45) is 0 Å². The van der Waals surface area contributed by atoms with E-state index >= 15 is 0 Å². The summed E-state index contributed by atoms with van der Waals surface area (Å²) >= 11 is 0. The molecule has 1 heterocycles. The Kier molecular flexibility index (Phi) is 6.80. The second kappa shape index (κ2) is 8.14. The van der Waals surface area contributed by atoms with Crippen LogP contribution in [0.4, 0.5) is 0 Å². The van der Waals surface area contributed by atoms with Crippen molar-refractivity contribution >= 4 is 0 Å². The van der Waals surface area contributed by atoms with E-state index in [0.717, 1.165) is 31.7 Å². The van der Waals surface area contributed by atoms with Crippen molar-refractivity contribution in [3.63, 3.8) is 0 Å². The number of nitrogens with zero attached hydrogens (tertiary/aromatic N) is 2. The Morgan fingerprint density at radius 3 is 2.72 bits per heavy atom. The van der Waals surface area contributed by atoms with E-state index in [1.165, 1.54) is 18.5 Å². The minimum Gasteiger partial charge on any atom is -0.493 e. The first kappa shape index (κ1) is 15.0. The Bertz CT molecular complexity index is 314. The Hall–Kier alpha value is -1.03. The molecule has 1 unspecified atom stereocenters. The standard InChI is InChI=1S/C14H27N3O/c1-5-10-15-12(6-2)8-9-13-14(18-4)11-16-17(13)7-3/h11-12,15H,5-10H2,1-4H3. The molecule has 0 fully saturated rings. The monoisotopic (exact) mass is 253 g/mol. The highest BCUT2D eigenvalue weighted by Crippen LogP contribution is 2.20. The van der Waals surface area contributed by atoms with Gasteiger partial charge in [-0.15, -0.1) is 0 Å². The number of methoxy groups -OCH3 is 1. The summed E-state index contributed by atoms with van der Waals surface area (Å²) in [5.74, 6) is 0.919. The fraction of sp³-hybridized carbons (Fsp3) is 0.786. The predicted molar refractivity (Wildman–Crippen MR) is 75.1 cm³/mol. The van der Waals surface area contributed by atoms with Crippen molar-refractivity contribution in [2.75, 3.05) is 13.7 Å². The third kappa shape index (κ3) is 4.02. The van der Waals surface area contributed by atoms with Crippen LogP contribution in [0.2, 0.25) is 0 Å². The predicted octanol–water partition coefficient (Wildman–Crippen LogP) is 2.62. The summed E-state index contributed by atoms with van der Waals surface area (Å²) in [6.45, 7) is 8.56. The van der Waals surface area contributed by atoms with Crippen LogP contribution >= 0.6 is 0 Å². The molecule has 0 aliphatic carbocycles. The second-order valence-corrected chi connectivity index (χ2v) is 4.57. The third-order valence-electron chi connectivity index (χ3n) is 3.34. The molecule has 0 aromatic carbocycles. The summed E-state index contributed by atoms with van der Waals surface area (Å²) in [5.41, 5.74) is 1.22. The largest absolute Gasteiger partial charge is 0.493 e. The molecule has 18 heavy (non-hydrogen) atoms. The maximum atomic E-state index is 5.37. The number of hydrogen-bond donors (Lipinski definition) is 1. The van der Waals surface area contributed by atoms with Crippen molar-refractivity contribution in [1.29, 1.82) is 0 Å². The summed E-state index contributed by atoms with van der Waals surface area (Å²) in [5, 5.41) is 7.93. The maximum Gasteiger partial charge on any atom is 0.159 e. The Labute approximate surface area is 111 Å². The van der Waals surface area contributed by atoms with Crippen LogP contribution in [0, 0.1) is 0 Å². The van der Waals surface area contributed by atoms with Gasteiger partial charge in [-0.05, 0) is 39.2 Å². The van der Waals surface area contributed by atoms with Crippen molar-refractivity contribution in [1.82, 2.24) is 15.1 Å². The average Bonchev–Trinajstić information content (AvgIpc) is 2.81. The second-order valence-electron chi connectivity index (χ2n) is 4.57. The fourth-order valence-corrected chi connectivity index (χ4v) is 2.20. The van der Waals surface area contributed by atoms with Gasteiger partial charge in [-0.25, -0.2) is 0 Å². The third-order valence-corrected chi connectivity index (χ3v) is 3.34. The number of ether oxygens (including phenoxy) is 1. The van der Waals surface area contributed by atoms with Gasteiger partial charge in [-0.2, -0.15) is 5.10 Å². The minimum absolute atomic E-state index is 0.592. The van der Waals surface area contributed by atoms with E-state index in [9.17, 15) is 0 Å². The topological polar surface area (TPSA) is 39.1 Å². The summed E-state index contributed by atoms with van der Waals surface area (Å²) in [7, 11) is 1.72. The molecule has 0 aliphatic rings. The first-order valence-electron chi connectivity index (χ1n) is 7.08. The van der Waals surface area contributed by atoms with E-state index in [1.807, 2.05) is 10.9 Å². The minimum atomic E-state index is 0.592. The zero-order valence-electron chi connectivity index (χ0n) is 12.2. The first-order valence-corrected chi connectivity index (χ1v) is 7.08. The molecule has 0 spiro atoms. The Morgan fingerprint density at radius 2 is 2.17 bits per heavy atom. The van der Waals surface area contributed by atoms with Crippen LogP contribution in [-0.2, 0) is 13.0 Å². The number of rotatable bonds is 9. The molecule has 4 nitrogen and oxygen atoms in total. The van der Waals surface area contributed by atoms with Crippen molar-refractivity contribution < 1.29 is 4.74 Å². The molecule has 0 radical (unpaired) electrons. The number of aromatic nitrogens is 2. The lowest BCUT2D eigenvalue weighted by atomic mass is 10.1. The van der Waals surface area contributed by atoms with E-state index in [0.29, 0.717) is 6.04 Å². The van der Waals surface area contributed by atoms with Crippen LogP contribution in [0.25, 0.3) is 0 Å². The van der Waals surface area contributed by atoms with Crippen LogP contribution in [0.1, 0.15) is 45.7 Å². The van der Waals surface area contributed by atoms with Crippen LogP contribution in [0.15, 0.2) is 6.20 Å². The van der Waals surface area contributed by atoms with Gasteiger partial charge in [0.05, 0.1) is 19.0 Å². The van der Waals surface area contributed by atoms with Gasteiger partial charge >= 0.3 is 0 Å². The van der Waals surface area contributed by atoms with Crippen molar-refractivity contribution in [3.05, 3.63) is 11.9 Å². The van der Waals surface area contributed by atoms with Crippen molar-refractivity contribution in [3.8, 4) is 5.75 Å². The zero-order valence-corrected chi connectivity index (χ0v) is 12.2. The molecule has 0 saturated heterocycles. The SMILES string of the molecule is CCCNC(CC)CCc1c(OC)cnn1CC. The summed E-state index contributed by atoms with van der Waals surface area (Å²) < 4.78 is 7.40. The van der Waals surface area contributed by atoms with Crippen LogP contribution < -0.4 is 10.1 Å². The summed E-state index contributed by atoms with van der Waals surface area (Å²) in [6, 6.07) is 0.592. The van der Waals surface area contributed by atoms with Gasteiger partial charge in [-0.1, -0.05) is 13.8 Å². The van der Waals surface area contributed by atoms with E-state index in [1.54, 1.807) is 7.11 Å². The van der Waals surface area contributed by atoms with E-state index in [2.05, 4.69) is 31.2 Å². The lowest BCUT2D eigenvalue weighted by Crippen LogP contribution is -2.29. The first-order chi connectivity index (χ1) is 8.76. The lowest BCUT2D eigenvalue weighted by Gasteiger charge is -2.17. The van der Waals surface area contributed by atoms with Crippen LogP contribution in [-0.4, -0.2) is 29.5 Å². The zero-order chi connectivity index (χ0) is 13.4. The molecular weight excluding hydrogens is 226 g/mol. The smallest absolute Gasteiger partial charge is 0.159 e. The number of nitrogens with one attached hydrogen (secondary N) is 1. The normalized spacial score (nSPS) is 12.7. The Morgan fingerprint density at radius 1 is 1.39 bits per heavy atom. The van der Waals surface area contributed by atoms with E-state index in [4.69, 9.17) is 4.74 Å². The molecule has 0 aliphatic heterocycles. The molecular formula is C14H27N3O. The summed E-state index contributed by atoms with van der Waals surface area (Å²) in [6.07, 6.45) is 6.33. The van der Waals surface area contributed by atoms with E-state index in [-0.39, 0.29) is 0 Å². The molecule has 0 saturated carbocycles. The number of hydrogen-bond acceptors (Lipinski definition) is 3. The van der Waals surface area contributed by atoms with Crippen molar-refractivity contribution in [2.45, 2.75) is 59.0 Å². The maximum absolute atomic E-state index is 5.37. The molecule has 1 rings (SSSR count). The highest BCUT2D eigenvalue weighted by atomic mass is 16.5. The molecule has 104 valence electrons. The highest BCUT2D eigenvalue weighted by Gasteiger charge is 2.13. The molecule has 1 aromatic heterocycles. The summed E-state index contributed by atoms with van der Waals surface area (Å²) in [4.78, 5) is 0. The van der Waals surface area contributed by atoms with E-state index < -0.39 is 0 Å². The quantitative estimate of drug-likeness (QED) is 0.735. The van der Waals surface area contributed by atoms with Gasteiger partial charge in [0.1, 0.15) is 0 Å². The molecule has 1 aromatic rings. The van der Waals surface area contributed by atoms with Gasteiger partial charge in [0.25, 0.3) is 0 Å². The van der Waals surface area contributed by atoms with Gasteiger partial charge in [0.2, 0.25) is 0 Å². The molecule has 1 N–H and O–H groups in total.